The van der Waals surface area contributed by atoms with Gasteiger partial charge >= 0.3 is 0 Å². The van der Waals surface area contributed by atoms with E-state index in [-0.39, 0.29) is 42.6 Å². The Morgan fingerprint density at radius 3 is 1.76 bits per heavy atom. The Balaban J connectivity index is 1.18. The van der Waals surface area contributed by atoms with Crippen LogP contribution in [0.2, 0.25) is 0 Å². The van der Waals surface area contributed by atoms with Crippen molar-refractivity contribution in [3.8, 4) is 0 Å². The van der Waals surface area contributed by atoms with Crippen molar-refractivity contribution < 1.29 is 18.0 Å². The molecule has 0 aliphatic carbocycles. The molecule has 7 nitrogen and oxygen atoms in total. The number of amides is 2. The van der Waals surface area contributed by atoms with Crippen molar-refractivity contribution in [2.24, 2.45) is 5.92 Å². The van der Waals surface area contributed by atoms with Gasteiger partial charge in [0.1, 0.15) is 0 Å². The molecule has 0 saturated carbocycles. The largest absolute Gasteiger partial charge is 0.343 e. The first kappa shape index (κ1) is 24.4. The molecule has 8 heteroatoms. The number of benzene rings is 2. The Labute approximate surface area is 202 Å². The molecule has 2 aromatic carbocycles. The molecule has 0 atom stereocenters. The number of sulfonamides is 1. The fraction of sp³-hybridized carbons (Fsp3) is 0.462. The van der Waals surface area contributed by atoms with Crippen LogP contribution in [0.3, 0.4) is 0 Å². The predicted octanol–water partition coefficient (Wildman–Crippen LogP) is 2.78. The minimum atomic E-state index is -3.54. The summed E-state index contributed by atoms with van der Waals surface area (Å²) in [5, 5.41) is 0. The van der Waals surface area contributed by atoms with Crippen LogP contribution in [0.5, 0.6) is 0 Å². The topological polar surface area (TPSA) is 78.0 Å². The summed E-state index contributed by atoms with van der Waals surface area (Å²) < 4.78 is 26.9. The molecule has 2 saturated heterocycles. The van der Waals surface area contributed by atoms with Gasteiger partial charge in [-0.2, -0.15) is 4.31 Å². The quantitative estimate of drug-likeness (QED) is 0.607. The summed E-state index contributed by atoms with van der Waals surface area (Å²) in [6, 6.07) is 18.8. The summed E-state index contributed by atoms with van der Waals surface area (Å²) in [6.45, 7) is 2.74. The summed E-state index contributed by atoms with van der Waals surface area (Å²) >= 11 is 0. The minimum Gasteiger partial charge on any atom is -0.343 e. The third-order valence-electron chi connectivity index (χ3n) is 6.86. The van der Waals surface area contributed by atoms with Crippen LogP contribution in [0.1, 0.15) is 31.2 Å². The van der Waals surface area contributed by atoms with Gasteiger partial charge in [-0.15, -0.1) is 0 Å². The van der Waals surface area contributed by atoms with E-state index in [4.69, 9.17) is 0 Å². The number of rotatable bonds is 7. The van der Waals surface area contributed by atoms with Crippen LogP contribution in [0.25, 0.3) is 0 Å². The van der Waals surface area contributed by atoms with Crippen molar-refractivity contribution in [2.75, 3.05) is 39.3 Å². The highest BCUT2D eigenvalue weighted by molar-refractivity contribution is 7.89. The van der Waals surface area contributed by atoms with Crippen LogP contribution in [-0.2, 0) is 26.0 Å². The summed E-state index contributed by atoms with van der Waals surface area (Å²) in [6.07, 6.45) is 3.42. The lowest BCUT2D eigenvalue weighted by atomic mass is 9.90. The van der Waals surface area contributed by atoms with Crippen LogP contribution in [0.15, 0.2) is 65.6 Å². The van der Waals surface area contributed by atoms with Gasteiger partial charge in [-0.3, -0.25) is 9.59 Å². The molecule has 4 rings (SSSR count). The van der Waals surface area contributed by atoms with Gasteiger partial charge in [0.25, 0.3) is 0 Å². The fourth-order valence-corrected chi connectivity index (χ4v) is 6.23. The Hall–Kier alpha value is -2.71. The second-order valence-corrected chi connectivity index (χ2v) is 11.0. The Bertz CT molecular complexity index is 1060. The molecule has 34 heavy (non-hydrogen) atoms. The van der Waals surface area contributed by atoms with Crippen molar-refractivity contribution in [1.82, 2.24) is 14.1 Å². The highest BCUT2D eigenvalue weighted by Gasteiger charge is 2.30. The molecule has 0 unspecified atom stereocenters. The van der Waals surface area contributed by atoms with Crippen LogP contribution in [0, 0.1) is 5.92 Å². The third kappa shape index (κ3) is 6.04. The number of nitrogens with zero attached hydrogens (tertiary/aromatic N) is 3. The maximum absolute atomic E-state index is 12.8. The molecule has 2 fully saturated rings. The lowest BCUT2D eigenvalue weighted by Gasteiger charge is -2.34. The van der Waals surface area contributed by atoms with Crippen LogP contribution < -0.4 is 0 Å². The van der Waals surface area contributed by atoms with E-state index in [1.54, 1.807) is 35.2 Å². The second-order valence-electron chi connectivity index (χ2n) is 9.11. The number of carbonyl (C=O) groups excluding carboxylic acids is 2. The number of carbonyl (C=O) groups is 2. The van der Waals surface area contributed by atoms with E-state index in [1.165, 1.54) is 9.87 Å². The highest BCUT2D eigenvalue weighted by atomic mass is 32.2. The van der Waals surface area contributed by atoms with Gasteiger partial charge in [-0.25, -0.2) is 8.42 Å². The van der Waals surface area contributed by atoms with Crippen molar-refractivity contribution in [3.63, 3.8) is 0 Å². The standard InChI is InChI=1S/C26H33N3O4S/c30-25(27-15-13-23(14-16-27)21-22-7-3-1-4-8-22)11-12-26(31)28-17-19-29(20-18-28)34(32,33)24-9-5-2-6-10-24/h1-10,23H,11-21H2. The zero-order chi connectivity index (χ0) is 24.0. The molecule has 0 spiro atoms. The molecule has 0 aromatic heterocycles. The minimum absolute atomic E-state index is 0.0387. The Kier molecular flexibility index (Phi) is 8.00. The number of hydrogen-bond donors (Lipinski definition) is 0. The molecule has 2 aliphatic heterocycles. The van der Waals surface area contributed by atoms with Gasteiger partial charge in [-0.1, -0.05) is 48.5 Å². The highest BCUT2D eigenvalue weighted by Crippen LogP contribution is 2.23. The fourth-order valence-electron chi connectivity index (χ4n) is 4.78. The van der Waals surface area contributed by atoms with E-state index in [2.05, 4.69) is 24.3 Å². The van der Waals surface area contributed by atoms with Gasteiger partial charge < -0.3 is 9.80 Å². The average molecular weight is 484 g/mol. The Morgan fingerprint density at radius 2 is 1.21 bits per heavy atom. The third-order valence-corrected chi connectivity index (χ3v) is 8.77. The van der Waals surface area contributed by atoms with Crippen molar-refractivity contribution >= 4 is 21.8 Å². The number of piperidine rings is 1. The van der Waals surface area contributed by atoms with Gasteiger partial charge in [-0.05, 0) is 42.9 Å². The maximum Gasteiger partial charge on any atom is 0.243 e. The first-order valence-electron chi connectivity index (χ1n) is 12.1. The van der Waals surface area contributed by atoms with E-state index in [0.717, 1.165) is 32.4 Å². The SMILES string of the molecule is O=C(CCC(=O)N1CCN(S(=O)(=O)c2ccccc2)CC1)N1CCC(Cc2ccccc2)CC1. The van der Waals surface area contributed by atoms with Crippen LogP contribution in [0.4, 0.5) is 0 Å². The lowest BCUT2D eigenvalue weighted by molar-refractivity contribution is -0.138. The van der Waals surface area contributed by atoms with E-state index < -0.39 is 10.0 Å². The van der Waals surface area contributed by atoms with E-state index in [0.29, 0.717) is 19.0 Å². The second kappa shape index (κ2) is 11.1. The maximum atomic E-state index is 12.8. The smallest absolute Gasteiger partial charge is 0.243 e. The van der Waals surface area contributed by atoms with Crippen LogP contribution in [-0.4, -0.2) is 73.6 Å². The lowest BCUT2D eigenvalue weighted by Crippen LogP contribution is -2.50. The molecule has 182 valence electrons. The number of likely N-dealkylation sites (tertiary alicyclic amines) is 1. The molecule has 0 bridgehead atoms. The first-order chi connectivity index (χ1) is 16.4. The monoisotopic (exact) mass is 483 g/mol. The first-order valence-corrected chi connectivity index (χ1v) is 13.5. The van der Waals surface area contributed by atoms with Gasteiger partial charge in [0, 0.05) is 52.1 Å². The Morgan fingerprint density at radius 1 is 0.706 bits per heavy atom. The van der Waals surface area contributed by atoms with Gasteiger partial charge in [0.15, 0.2) is 0 Å². The van der Waals surface area contributed by atoms with Crippen LogP contribution >= 0.6 is 0 Å². The van der Waals surface area contributed by atoms with Crippen molar-refractivity contribution in [3.05, 3.63) is 66.2 Å². The average Bonchev–Trinajstić information content (AvgIpc) is 2.88. The van der Waals surface area contributed by atoms with E-state index >= 15 is 0 Å². The van der Waals surface area contributed by atoms with E-state index in [9.17, 15) is 18.0 Å². The summed E-state index contributed by atoms with van der Waals surface area (Å²) in [7, 11) is -3.54. The molecule has 2 heterocycles. The molecular weight excluding hydrogens is 450 g/mol. The molecular formula is C26H33N3O4S. The van der Waals surface area contributed by atoms with Crippen molar-refractivity contribution in [1.29, 1.82) is 0 Å². The predicted molar refractivity (Wildman–Crippen MR) is 130 cm³/mol. The molecule has 2 amide bonds. The molecule has 0 N–H and O–H groups in total. The van der Waals surface area contributed by atoms with Gasteiger partial charge in [0.05, 0.1) is 4.90 Å². The summed E-state index contributed by atoms with van der Waals surface area (Å²) in [4.78, 5) is 29.1. The normalized spacial score (nSPS) is 18.1. The van der Waals surface area contributed by atoms with Gasteiger partial charge in [0.2, 0.25) is 21.8 Å². The zero-order valence-electron chi connectivity index (χ0n) is 19.5. The zero-order valence-corrected chi connectivity index (χ0v) is 20.3. The number of hydrogen-bond acceptors (Lipinski definition) is 4. The molecule has 0 radical (unpaired) electrons. The summed E-state index contributed by atoms with van der Waals surface area (Å²) in [5.74, 6) is 0.553. The number of piperazine rings is 1. The summed E-state index contributed by atoms with van der Waals surface area (Å²) in [5.41, 5.74) is 1.34. The molecule has 2 aromatic rings. The molecule has 2 aliphatic rings. The van der Waals surface area contributed by atoms with E-state index in [1.807, 2.05) is 11.0 Å². The van der Waals surface area contributed by atoms with Crippen molar-refractivity contribution in [2.45, 2.75) is 37.0 Å².